The van der Waals surface area contributed by atoms with Gasteiger partial charge in [-0.05, 0) is 13.8 Å². The molecule has 0 spiro atoms. The van der Waals surface area contributed by atoms with Gasteiger partial charge in [0, 0.05) is 0 Å². The maximum Gasteiger partial charge on any atom is 0.189 e. The van der Waals surface area contributed by atoms with Crippen molar-refractivity contribution in [2.45, 2.75) is 24.9 Å². The highest BCUT2D eigenvalue weighted by atomic mass is 32.2. The van der Waals surface area contributed by atoms with E-state index in [9.17, 15) is 8.42 Å². The van der Waals surface area contributed by atoms with Gasteiger partial charge in [-0.1, -0.05) is 5.21 Å². The van der Waals surface area contributed by atoms with Crippen molar-refractivity contribution in [3.63, 3.8) is 0 Å². The molecule has 0 aromatic carbocycles. The third kappa shape index (κ3) is 2.00. The standard InChI is InChI=1S/C5H10N4O2S/c1-4(2)12(10,11)3-5-6-8-9-7-5/h4H,3H2,1-2H3,(H,6,7,8,9). The van der Waals surface area contributed by atoms with Crippen LogP contribution < -0.4 is 0 Å². The Labute approximate surface area is 70.3 Å². The summed E-state index contributed by atoms with van der Waals surface area (Å²) in [4.78, 5) is 0. The van der Waals surface area contributed by atoms with E-state index in [-0.39, 0.29) is 11.6 Å². The highest BCUT2D eigenvalue weighted by Crippen LogP contribution is 2.05. The summed E-state index contributed by atoms with van der Waals surface area (Å²) in [6.07, 6.45) is 0. The SMILES string of the molecule is CC(C)S(=O)(=O)Cc1nn[nH]n1. The summed E-state index contributed by atoms with van der Waals surface area (Å²) in [5.74, 6) is 0.0601. The van der Waals surface area contributed by atoms with E-state index in [4.69, 9.17) is 0 Å². The Bertz CT molecular complexity index is 328. The average molecular weight is 190 g/mol. The van der Waals surface area contributed by atoms with Crippen LogP contribution in [0, 0.1) is 0 Å². The van der Waals surface area contributed by atoms with Crippen molar-refractivity contribution in [3.8, 4) is 0 Å². The van der Waals surface area contributed by atoms with E-state index in [0.717, 1.165) is 0 Å². The first-order chi connectivity index (χ1) is 5.52. The zero-order valence-electron chi connectivity index (χ0n) is 6.85. The number of hydrogen-bond donors (Lipinski definition) is 1. The molecule has 68 valence electrons. The predicted octanol–water partition coefficient (Wildman–Crippen LogP) is -0.477. The van der Waals surface area contributed by atoms with Crippen molar-refractivity contribution in [1.29, 1.82) is 0 Å². The van der Waals surface area contributed by atoms with E-state index in [2.05, 4.69) is 20.6 Å². The molecule has 0 atom stereocenters. The molecule has 1 aromatic heterocycles. The zero-order chi connectivity index (χ0) is 9.19. The largest absolute Gasteiger partial charge is 0.228 e. The van der Waals surface area contributed by atoms with Crippen molar-refractivity contribution in [2.75, 3.05) is 0 Å². The Morgan fingerprint density at radius 3 is 2.58 bits per heavy atom. The van der Waals surface area contributed by atoms with Crippen LogP contribution in [0.2, 0.25) is 0 Å². The molecule has 6 nitrogen and oxygen atoms in total. The topological polar surface area (TPSA) is 88.6 Å². The summed E-state index contributed by atoms with van der Waals surface area (Å²) >= 11 is 0. The van der Waals surface area contributed by atoms with E-state index in [0.29, 0.717) is 0 Å². The first kappa shape index (κ1) is 9.11. The number of rotatable bonds is 3. The summed E-state index contributed by atoms with van der Waals surface area (Å²) in [7, 11) is -3.11. The highest BCUT2D eigenvalue weighted by molar-refractivity contribution is 7.91. The molecule has 0 saturated heterocycles. The minimum atomic E-state index is -3.11. The normalized spacial score (nSPS) is 12.2. The van der Waals surface area contributed by atoms with Gasteiger partial charge in [-0.2, -0.15) is 5.21 Å². The van der Waals surface area contributed by atoms with Crippen LogP contribution in [0.4, 0.5) is 0 Å². The number of sulfone groups is 1. The molecular formula is C5H10N4O2S. The van der Waals surface area contributed by atoms with E-state index < -0.39 is 15.1 Å². The Balaban J connectivity index is 2.77. The van der Waals surface area contributed by atoms with Crippen LogP contribution in [0.15, 0.2) is 0 Å². The molecule has 0 bridgehead atoms. The van der Waals surface area contributed by atoms with Gasteiger partial charge in [0.2, 0.25) is 0 Å². The summed E-state index contributed by atoms with van der Waals surface area (Å²) in [5.41, 5.74) is 0. The fourth-order valence-electron chi connectivity index (χ4n) is 0.590. The quantitative estimate of drug-likeness (QED) is 0.695. The lowest BCUT2D eigenvalue weighted by molar-refractivity contribution is 0.585. The summed E-state index contributed by atoms with van der Waals surface area (Å²) < 4.78 is 22.6. The third-order valence-electron chi connectivity index (χ3n) is 1.44. The molecule has 1 rings (SSSR count). The Kier molecular flexibility index (Phi) is 2.41. The first-order valence-corrected chi connectivity index (χ1v) is 5.18. The van der Waals surface area contributed by atoms with E-state index >= 15 is 0 Å². The van der Waals surface area contributed by atoms with Crippen LogP contribution in [-0.4, -0.2) is 34.3 Å². The number of tetrazole rings is 1. The van der Waals surface area contributed by atoms with Gasteiger partial charge in [-0.3, -0.25) is 0 Å². The molecule has 7 heteroatoms. The second-order valence-corrected chi connectivity index (χ2v) is 5.24. The van der Waals surface area contributed by atoms with Gasteiger partial charge in [-0.25, -0.2) is 8.42 Å². The maximum atomic E-state index is 11.3. The smallest absolute Gasteiger partial charge is 0.189 e. The molecule has 0 amide bonds. The van der Waals surface area contributed by atoms with E-state index in [1.165, 1.54) is 0 Å². The number of nitrogens with zero attached hydrogens (tertiary/aromatic N) is 3. The Morgan fingerprint density at radius 2 is 2.17 bits per heavy atom. The van der Waals surface area contributed by atoms with Crippen LogP contribution in [0.3, 0.4) is 0 Å². The van der Waals surface area contributed by atoms with Crippen molar-refractivity contribution in [3.05, 3.63) is 5.82 Å². The van der Waals surface area contributed by atoms with Crippen LogP contribution >= 0.6 is 0 Å². The molecule has 0 aliphatic carbocycles. The lowest BCUT2D eigenvalue weighted by atomic mass is 10.6. The van der Waals surface area contributed by atoms with Crippen molar-refractivity contribution in [2.24, 2.45) is 0 Å². The van der Waals surface area contributed by atoms with Crippen molar-refractivity contribution < 1.29 is 8.42 Å². The molecule has 0 unspecified atom stereocenters. The highest BCUT2D eigenvalue weighted by Gasteiger charge is 2.18. The molecule has 1 N–H and O–H groups in total. The number of nitrogens with one attached hydrogen (secondary N) is 1. The van der Waals surface area contributed by atoms with Crippen LogP contribution in [0.25, 0.3) is 0 Å². The Hall–Kier alpha value is -0.980. The van der Waals surface area contributed by atoms with Gasteiger partial charge in [0.05, 0.1) is 5.25 Å². The number of aromatic nitrogens is 4. The Morgan fingerprint density at radius 1 is 1.50 bits per heavy atom. The van der Waals surface area contributed by atoms with Crippen LogP contribution in [0.5, 0.6) is 0 Å². The second-order valence-electron chi connectivity index (χ2n) is 2.68. The summed E-state index contributed by atoms with van der Waals surface area (Å²) in [6.45, 7) is 3.24. The monoisotopic (exact) mass is 190 g/mol. The molecule has 1 aromatic rings. The molecule has 0 saturated carbocycles. The summed E-state index contributed by atoms with van der Waals surface area (Å²) in [6, 6.07) is 0. The van der Waals surface area contributed by atoms with Gasteiger partial charge in [0.25, 0.3) is 0 Å². The number of H-pyrrole nitrogens is 1. The number of hydrogen-bond acceptors (Lipinski definition) is 5. The molecule has 12 heavy (non-hydrogen) atoms. The molecular weight excluding hydrogens is 180 g/mol. The van der Waals surface area contributed by atoms with Gasteiger partial charge in [0.1, 0.15) is 5.75 Å². The maximum absolute atomic E-state index is 11.3. The van der Waals surface area contributed by atoms with Crippen molar-refractivity contribution in [1.82, 2.24) is 20.6 Å². The fourth-order valence-corrected chi connectivity index (χ4v) is 1.41. The molecule has 0 fully saturated rings. The predicted molar refractivity (Wildman–Crippen MR) is 41.9 cm³/mol. The van der Waals surface area contributed by atoms with Crippen LogP contribution in [0.1, 0.15) is 19.7 Å². The molecule has 0 aliphatic rings. The van der Waals surface area contributed by atoms with Gasteiger partial charge < -0.3 is 0 Å². The molecule has 1 heterocycles. The lowest BCUT2D eigenvalue weighted by Crippen LogP contribution is -2.16. The second kappa shape index (κ2) is 3.18. The third-order valence-corrected chi connectivity index (χ3v) is 3.53. The van der Waals surface area contributed by atoms with Crippen molar-refractivity contribution >= 4 is 9.84 Å². The molecule has 0 aliphatic heterocycles. The minimum Gasteiger partial charge on any atom is -0.228 e. The molecule has 0 radical (unpaired) electrons. The zero-order valence-corrected chi connectivity index (χ0v) is 7.67. The fraction of sp³-hybridized carbons (Fsp3) is 0.800. The van der Waals surface area contributed by atoms with Gasteiger partial charge >= 0.3 is 0 Å². The van der Waals surface area contributed by atoms with Crippen LogP contribution in [-0.2, 0) is 15.6 Å². The van der Waals surface area contributed by atoms with Gasteiger partial charge in [-0.15, -0.1) is 10.2 Å². The average Bonchev–Trinajstić information content (AvgIpc) is 2.38. The minimum absolute atomic E-state index is 0.152. The first-order valence-electron chi connectivity index (χ1n) is 3.46. The lowest BCUT2D eigenvalue weighted by Gasteiger charge is -2.03. The van der Waals surface area contributed by atoms with E-state index in [1.54, 1.807) is 13.8 Å². The number of aromatic amines is 1. The van der Waals surface area contributed by atoms with E-state index in [1.807, 2.05) is 0 Å². The summed E-state index contributed by atoms with van der Waals surface area (Å²) in [5, 5.41) is 12.2. The van der Waals surface area contributed by atoms with Gasteiger partial charge in [0.15, 0.2) is 15.7 Å².